The third-order valence-electron chi connectivity index (χ3n) is 7.13. The molecule has 0 spiro atoms. The number of fused-ring (bicyclic) bond motifs is 2. The van der Waals surface area contributed by atoms with E-state index in [0.717, 1.165) is 42.6 Å². The van der Waals surface area contributed by atoms with Gasteiger partial charge >= 0.3 is 0 Å². The van der Waals surface area contributed by atoms with Gasteiger partial charge in [0.1, 0.15) is 5.69 Å². The Balaban J connectivity index is 1.39. The molecule has 2 amide bonds. The average molecular weight is 498 g/mol. The lowest BCUT2D eigenvalue weighted by atomic mass is 10.0. The fraction of sp³-hybridized carbons (Fsp3) is 0.241. The van der Waals surface area contributed by atoms with E-state index in [1.807, 2.05) is 24.3 Å². The van der Waals surface area contributed by atoms with Crippen LogP contribution in [-0.4, -0.2) is 45.5 Å². The summed E-state index contributed by atoms with van der Waals surface area (Å²) in [5.74, 6) is -0.679. The number of nitrogens with one attached hydrogen (secondary N) is 4. The number of aromatic nitrogens is 2. The molecule has 1 atom stereocenters. The largest absolute Gasteiger partial charge is 0.361 e. The van der Waals surface area contributed by atoms with Crippen molar-refractivity contribution < 1.29 is 14.8 Å². The molecule has 2 aromatic heterocycles. The second kappa shape index (κ2) is 10.9. The van der Waals surface area contributed by atoms with E-state index in [1.165, 1.54) is 28.2 Å². The number of hydrogen-bond acceptors (Lipinski definition) is 4. The van der Waals surface area contributed by atoms with Gasteiger partial charge in [-0.1, -0.05) is 36.4 Å². The van der Waals surface area contributed by atoms with E-state index >= 15 is 0 Å². The zero-order valence-electron chi connectivity index (χ0n) is 20.8. The Morgan fingerprint density at radius 3 is 2.86 bits per heavy atom. The monoisotopic (exact) mass is 497 g/mol. The van der Waals surface area contributed by atoms with Gasteiger partial charge in [-0.3, -0.25) is 19.7 Å². The van der Waals surface area contributed by atoms with Crippen molar-refractivity contribution in [2.75, 3.05) is 13.6 Å². The minimum atomic E-state index is -0.552. The molecule has 0 saturated heterocycles. The average Bonchev–Trinajstić information content (AvgIpc) is 3.67. The van der Waals surface area contributed by atoms with Gasteiger partial charge in [0, 0.05) is 55.0 Å². The van der Waals surface area contributed by atoms with Crippen LogP contribution in [0.25, 0.3) is 17.0 Å². The van der Waals surface area contributed by atoms with Crippen LogP contribution in [0.1, 0.15) is 50.9 Å². The first kappa shape index (κ1) is 24.5. The molecule has 0 bridgehead atoms. The number of aryl methyl sites for hydroxylation is 1. The van der Waals surface area contributed by atoms with Gasteiger partial charge in [0.15, 0.2) is 0 Å². The molecule has 5 N–H and O–H groups in total. The lowest BCUT2D eigenvalue weighted by Crippen LogP contribution is -2.29. The zero-order valence-corrected chi connectivity index (χ0v) is 20.8. The maximum atomic E-state index is 12.1. The van der Waals surface area contributed by atoms with Crippen LogP contribution < -0.4 is 10.8 Å². The fourth-order valence-electron chi connectivity index (χ4n) is 5.27. The summed E-state index contributed by atoms with van der Waals surface area (Å²) in [5, 5.41) is 12.6. The Bertz CT molecular complexity index is 1450. The molecule has 0 saturated carbocycles. The van der Waals surface area contributed by atoms with Crippen LogP contribution in [0, 0.1) is 0 Å². The van der Waals surface area contributed by atoms with Crippen LogP contribution >= 0.6 is 0 Å². The molecule has 1 aliphatic rings. The highest BCUT2D eigenvalue weighted by Gasteiger charge is 2.28. The third-order valence-corrected chi connectivity index (χ3v) is 7.13. The number of H-pyrrole nitrogens is 2. The number of nitrogens with zero attached hydrogens (tertiary/aromatic N) is 1. The SMILES string of the molecule is CNC(=O)c1ccc(CN(CCc2c[nH]c3ccccc23)[C@@H]2CCc3cc(/C=C/C(=O)NO)ccc32)[nH]1. The minimum absolute atomic E-state index is 0.127. The Hall–Kier alpha value is -4.14. The summed E-state index contributed by atoms with van der Waals surface area (Å²) in [6.07, 6.45) is 7.97. The van der Waals surface area contributed by atoms with Crippen molar-refractivity contribution in [3.8, 4) is 0 Å². The maximum Gasteiger partial charge on any atom is 0.267 e. The molecular weight excluding hydrogens is 466 g/mol. The molecule has 37 heavy (non-hydrogen) atoms. The predicted molar refractivity (Wildman–Crippen MR) is 143 cm³/mol. The molecular formula is C29H31N5O3. The quantitative estimate of drug-likeness (QED) is 0.136. The van der Waals surface area contributed by atoms with Gasteiger partial charge in [-0.25, -0.2) is 5.48 Å². The number of hydrogen-bond donors (Lipinski definition) is 5. The van der Waals surface area contributed by atoms with Crippen LogP contribution in [0.15, 0.2) is 66.9 Å². The smallest absolute Gasteiger partial charge is 0.267 e. The topological polar surface area (TPSA) is 113 Å². The number of hydroxylamine groups is 1. The van der Waals surface area contributed by atoms with Gasteiger partial charge in [-0.05, 0) is 65.8 Å². The number of aromatic amines is 2. The van der Waals surface area contributed by atoms with Crippen molar-refractivity contribution in [1.82, 2.24) is 25.7 Å². The lowest BCUT2D eigenvalue weighted by molar-refractivity contribution is -0.124. The van der Waals surface area contributed by atoms with E-state index < -0.39 is 5.91 Å². The number of amides is 2. The van der Waals surface area contributed by atoms with Crippen molar-refractivity contribution in [3.63, 3.8) is 0 Å². The molecule has 0 radical (unpaired) electrons. The minimum Gasteiger partial charge on any atom is -0.361 e. The normalized spacial score (nSPS) is 14.9. The van der Waals surface area contributed by atoms with Gasteiger partial charge in [0.25, 0.3) is 11.8 Å². The third kappa shape index (κ3) is 5.35. The van der Waals surface area contributed by atoms with Crippen molar-refractivity contribution in [1.29, 1.82) is 0 Å². The van der Waals surface area contributed by atoms with Gasteiger partial charge in [0.05, 0.1) is 0 Å². The zero-order chi connectivity index (χ0) is 25.8. The van der Waals surface area contributed by atoms with Crippen molar-refractivity contribution in [2.45, 2.75) is 31.8 Å². The molecule has 190 valence electrons. The highest BCUT2D eigenvalue weighted by Crippen LogP contribution is 2.37. The number of rotatable bonds is 9. The molecule has 0 aliphatic heterocycles. The Morgan fingerprint density at radius 1 is 1.16 bits per heavy atom. The van der Waals surface area contributed by atoms with E-state index in [-0.39, 0.29) is 11.9 Å². The van der Waals surface area contributed by atoms with Crippen molar-refractivity contribution in [3.05, 3.63) is 101 Å². The highest BCUT2D eigenvalue weighted by molar-refractivity contribution is 5.92. The predicted octanol–water partition coefficient (Wildman–Crippen LogP) is 4.11. The molecule has 2 heterocycles. The molecule has 8 nitrogen and oxygen atoms in total. The van der Waals surface area contributed by atoms with Crippen LogP contribution in [0.2, 0.25) is 0 Å². The second-order valence-corrected chi connectivity index (χ2v) is 9.38. The summed E-state index contributed by atoms with van der Waals surface area (Å²) in [5.41, 5.74) is 9.10. The Morgan fingerprint density at radius 2 is 2.03 bits per heavy atom. The lowest BCUT2D eigenvalue weighted by Gasteiger charge is -2.29. The number of carbonyl (C=O) groups excluding carboxylic acids is 2. The molecule has 1 aliphatic carbocycles. The summed E-state index contributed by atoms with van der Waals surface area (Å²) < 4.78 is 0. The van der Waals surface area contributed by atoms with E-state index in [9.17, 15) is 9.59 Å². The van der Waals surface area contributed by atoms with Crippen LogP contribution in [0.5, 0.6) is 0 Å². The summed E-state index contributed by atoms with van der Waals surface area (Å²) >= 11 is 0. The fourth-order valence-corrected chi connectivity index (χ4v) is 5.27. The first-order valence-electron chi connectivity index (χ1n) is 12.5. The molecule has 4 aromatic rings. The Labute approximate surface area is 215 Å². The number of para-hydroxylation sites is 1. The van der Waals surface area contributed by atoms with Gasteiger partial charge in [-0.2, -0.15) is 0 Å². The highest BCUT2D eigenvalue weighted by atomic mass is 16.5. The molecule has 2 aromatic carbocycles. The van der Waals surface area contributed by atoms with E-state index in [1.54, 1.807) is 18.6 Å². The number of benzene rings is 2. The Kier molecular flexibility index (Phi) is 7.20. The van der Waals surface area contributed by atoms with Gasteiger partial charge in [0.2, 0.25) is 0 Å². The van der Waals surface area contributed by atoms with E-state index in [2.05, 4.69) is 56.7 Å². The van der Waals surface area contributed by atoms with E-state index in [0.29, 0.717) is 12.2 Å². The number of carbonyl (C=O) groups is 2. The van der Waals surface area contributed by atoms with E-state index in [4.69, 9.17) is 5.21 Å². The first-order chi connectivity index (χ1) is 18.1. The maximum absolute atomic E-state index is 12.1. The molecule has 0 unspecified atom stereocenters. The van der Waals surface area contributed by atoms with Crippen LogP contribution in [-0.2, 0) is 24.2 Å². The van der Waals surface area contributed by atoms with Crippen LogP contribution in [0.4, 0.5) is 0 Å². The first-order valence-corrected chi connectivity index (χ1v) is 12.5. The molecule has 8 heteroatoms. The van der Waals surface area contributed by atoms with Crippen molar-refractivity contribution >= 4 is 28.8 Å². The van der Waals surface area contributed by atoms with Gasteiger partial charge in [-0.15, -0.1) is 0 Å². The standard InChI is InChI=1S/C29H31N5O3/c1-30-29(36)26-11-9-22(32-26)18-34(15-14-21-17-31-25-5-3-2-4-23(21)25)27-12-8-20-16-19(6-10-24(20)27)7-13-28(35)33-37/h2-7,9-11,13,16-17,27,31-32,37H,8,12,14-15,18H2,1H3,(H,30,36)(H,33,35)/b13-7+/t27-/m1/s1. The van der Waals surface area contributed by atoms with Gasteiger partial charge < -0.3 is 15.3 Å². The molecule has 0 fully saturated rings. The van der Waals surface area contributed by atoms with Crippen LogP contribution in [0.3, 0.4) is 0 Å². The summed E-state index contributed by atoms with van der Waals surface area (Å²) in [4.78, 5) is 32.6. The van der Waals surface area contributed by atoms with Crippen molar-refractivity contribution in [2.24, 2.45) is 0 Å². The summed E-state index contributed by atoms with van der Waals surface area (Å²) in [7, 11) is 1.63. The second-order valence-electron chi connectivity index (χ2n) is 9.38. The summed E-state index contributed by atoms with van der Waals surface area (Å²) in [6, 6.07) is 18.7. The summed E-state index contributed by atoms with van der Waals surface area (Å²) in [6.45, 7) is 1.56. The molecule has 5 rings (SSSR count).